The Bertz CT molecular complexity index is 916. The quantitative estimate of drug-likeness (QED) is 0.450. The molecule has 1 aliphatic heterocycles. The second-order valence-corrected chi connectivity index (χ2v) is 11.1. The number of benzene rings is 1. The van der Waals surface area contributed by atoms with E-state index in [1.807, 2.05) is 44.2 Å². The molecule has 0 radical (unpaired) electrons. The molecule has 0 saturated carbocycles. The van der Waals surface area contributed by atoms with Gasteiger partial charge in [0.15, 0.2) is 0 Å². The Morgan fingerprint density at radius 2 is 1.57 bits per heavy atom. The van der Waals surface area contributed by atoms with Gasteiger partial charge in [0, 0.05) is 0 Å². The molecule has 0 bridgehead atoms. The van der Waals surface area contributed by atoms with Crippen molar-refractivity contribution in [3.63, 3.8) is 0 Å². The normalized spacial score (nSPS) is 19.2. The van der Waals surface area contributed by atoms with Crippen LogP contribution in [0.1, 0.15) is 67.4 Å². The van der Waals surface area contributed by atoms with E-state index in [9.17, 15) is 19.2 Å². The summed E-state index contributed by atoms with van der Waals surface area (Å²) in [6, 6.07) is 7.24. The zero-order chi connectivity index (χ0) is 26.6. The molecule has 35 heavy (non-hydrogen) atoms. The molecule has 1 N–H and O–H groups in total. The first-order valence-electron chi connectivity index (χ1n) is 11.9. The van der Waals surface area contributed by atoms with Crippen LogP contribution >= 0.6 is 0 Å². The number of amides is 3. The topological polar surface area (TPSA) is 111 Å². The predicted octanol–water partition coefficient (Wildman–Crippen LogP) is 4.23. The number of nitrogens with zero attached hydrogens (tertiary/aromatic N) is 1. The monoisotopic (exact) mass is 490 g/mol. The predicted molar refractivity (Wildman–Crippen MR) is 130 cm³/mol. The maximum absolute atomic E-state index is 13.3. The molecule has 9 heteroatoms. The zero-order valence-electron chi connectivity index (χ0n) is 21.9. The molecule has 3 amide bonds. The lowest BCUT2D eigenvalue weighted by Gasteiger charge is -2.28. The van der Waals surface area contributed by atoms with Gasteiger partial charge in [-0.3, -0.25) is 4.79 Å². The van der Waals surface area contributed by atoms with Crippen LogP contribution in [0.2, 0.25) is 0 Å². The van der Waals surface area contributed by atoms with Gasteiger partial charge in [-0.2, -0.15) is 0 Å². The number of carbonyl (C=O) groups is 4. The third-order valence-corrected chi connectivity index (χ3v) is 4.96. The minimum atomic E-state index is -1.33. The number of carbonyl (C=O) groups excluding carboxylic acids is 4. The molecular weight excluding hydrogens is 452 g/mol. The van der Waals surface area contributed by atoms with Crippen molar-refractivity contribution in [2.24, 2.45) is 5.92 Å². The summed E-state index contributed by atoms with van der Waals surface area (Å²) < 4.78 is 16.2. The van der Waals surface area contributed by atoms with Crippen LogP contribution in [0, 0.1) is 5.92 Å². The molecule has 0 unspecified atom stereocenters. The van der Waals surface area contributed by atoms with Crippen LogP contribution in [0.3, 0.4) is 0 Å². The lowest BCUT2D eigenvalue weighted by molar-refractivity contribution is -0.159. The van der Waals surface area contributed by atoms with Gasteiger partial charge in [0.1, 0.15) is 17.2 Å². The van der Waals surface area contributed by atoms with Crippen molar-refractivity contribution in [1.29, 1.82) is 0 Å². The first-order valence-corrected chi connectivity index (χ1v) is 11.9. The van der Waals surface area contributed by atoms with Crippen LogP contribution < -0.4 is 5.32 Å². The van der Waals surface area contributed by atoms with Gasteiger partial charge >= 0.3 is 18.2 Å². The van der Waals surface area contributed by atoms with E-state index in [4.69, 9.17) is 14.2 Å². The van der Waals surface area contributed by atoms with Crippen molar-refractivity contribution in [3.05, 3.63) is 35.9 Å². The number of imide groups is 1. The fourth-order valence-electron chi connectivity index (χ4n) is 3.63. The van der Waals surface area contributed by atoms with Gasteiger partial charge in [-0.15, -0.1) is 0 Å². The summed E-state index contributed by atoms with van der Waals surface area (Å²) in [7, 11) is 0. The van der Waals surface area contributed by atoms with Crippen molar-refractivity contribution < 1.29 is 33.4 Å². The van der Waals surface area contributed by atoms with E-state index in [2.05, 4.69) is 5.32 Å². The highest BCUT2D eigenvalue weighted by molar-refractivity contribution is 5.96. The summed E-state index contributed by atoms with van der Waals surface area (Å²) in [5.41, 5.74) is -0.790. The molecule has 3 atom stereocenters. The van der Waals surface area contributed by atoms with E-state index in [0.29, 0.717) is 6.42 Å². The largest absolute Gasteiger partial charge is 0.458 e. The van der Waals surface area contributed by atoms with Gasteiger partial charge in [0.05, 0.1) is 6.04 Å². The number of esters is 1. The van der Waals surface area contributed by atoms with Crippen LogP contribution in [-0.2, 0) is 30.2 Å². The molecule has 0 aromatic heterocycles. The lowest BCUT2D eigenvalue weighted by Crippen LogP contribution is -2.53. The van der Waals surface area contributed by atoms with Crippen LogP contribution in [0.15, 0.2) is 30.3 Å². The highest BCUT2D eigenvalue weighted by Gasteiger charge is 2.50. The van der Waals surface area contributed by atoms with Gasteiger partial charge in [-0.1, -0.05) is 44.2 Å². The van der Waals surface area contributed by atoms with Crippen LogP contribution in [-0.4, -0.2) is 58.4 Å². The third kappa shape index (κ3) is 8.56. The van der Waals surface area contributed by atoms with Gasteiger partial charge < -0.3 is 19.5 Å². The third-order valence-electron chi connectivity index (χ3n) is 4.96. The smallest absolute Gasteiger partial charge is 0.420 e. The number of hydrogen-bond acceptors (Lipinski definition) is 7. The van der Waals surface area contributed by atoms with E-state index < -0.39 is 53.5 Å². The fourth-order valence-corrected chi connectivity index (χ4v) is 3.63. The van der Waals surface area contributed by atoms with Crippen LogP contribution in [0.25, 0.3) is 0 Å². The maximum Gasteiger partial charge on any atom is 0.420 e. The number of rotatable bonds is 7. The molecule has 1 aromatic rings. The number of cyclic esters (lactones) is 1. The standard InChI is InChI=1S/C26H38N2O7/c1-16(2)14-18(22(30)34-25(3,4)5)27-21(29)20-19(15-17-12-10-9-11-13-17)28(23(31)33-20)24(32)35-26(6,7)8/h9-13,16,18-20H,14-15H2,1-8H3,(H,27,29)/t18-,19+,20-/m0/s1. The van der Waals surface area contributed by atoms with E-state index in [1.54, 1.807) is 41.5 Å². The van der Waals surface area contributed by atoms with Gasteiger partial charge in [0.25, 0.3) is 5.91 Å². The molecule has 1 heterocycles. The van der Waals surface area contributed by atoms with E-state index in [1.165, 1.54) is 0 Å². The number of ether oxygens (including phenoxy) is 3. The Hall–Kier alpha value is -3.10. The summed E-state index contributed by atoms with van der Waals surface area (Å²) >= 11 is 0. The molecule has 0 aliphatic carbocycles. The second kappa shape index (κ2) is 11.1. The maximum atomic E-state index is 13.3. The van der Waals surface area contributed by atoms with Crippen LogP contribution in [0.5, 0.6) is 0 Å². The number of nitrogens with one attached hydrogen (secondary N) is 1. The first kappa shape index (κ1) is 28.1. The second-order valence-electron chi connectivity index (χ2n) is 11.1. The van der Waals surface area contributed by atoms with E-state index >= 15 is 0 Å². The Morgan fingerprint density at radius 3 is 2.09 bits per heavy atom. The molecule has 1 fully saturated rings. The molecule has 2 rings (SSSR count). The van der Waals surface area contributed by atoms with Gasteiger partial charge in [0.2, 0.25) is 6.10 Å². The summed E-state index contributed by atoms with van der Waals surface area (Å²) in [5, 5.41) is 2.69. The highest BCUT2D eigenvalue weighted by atomic mass is 16.6. The van der Waals surface area contributed by atoms with E-state index in [-0.39, 0.29) is 12.3 Å². The molecule has 0 spiro atoms. The summed E-state index contributed by atoms with van der Waals surface area (Å²) in [6.45, 7) is 14.1. The van der Waals surface area contributed by atoms with Gasteiger partial charge in [-0.05, 0) is 65.9 Å². The molecule has 1 saturated heterocycles. The van der Waals surface area contributed by atoms with Crippen molar-refractivity contribution in [2.45, 2.75) is 97.6 Å². The Morgan fingerprint density at radius 1 is 1.00 bits per heavy atom. The highest BCUT2D eigenvalue weighted by Crippen LogP contribution is 2.26. The molecular formula is C26H38N2O7. The summed E-state index contributed by atoms with van der Waals surface area (Å²) in [6.07, 6.45) is -2.69. The lowest BCUT2D eigenvalue weighted by atomic mass is 9.99. The SMILES string of the molecule is CC(C)C[C@H](NC(=O)[C@H]1OC(=O)N(C(=O)OC(C)(C)C)[C@@H]1Cc1ccccc1)C(=O)OC(C)(C)C. The molecule has 9 nitrogen and oxygen atoms in total. The molecule has 1 aliphatic rings. The summed E-state index contributed by atoms with van der Waals surface area (Å²) in [4.78, 5) is 52.6. The molecule has 1 aromatic carbocycles. The molecule has 194 valence electrons. The Kier molecular flexibility index (Phi) is 8.92. The van der Waals surface area contributed by atoms with Crippen molar-refractivity contribution in [3.8, 4) is 0 Å². The minimum absolute atomic E-state index is 0.0809. The van der Waals surface area contributed by atoms with Crippen LogP contribution in [0.4, 0.5) is 9.59 Å². The average molecular weight is 491 g/mol. The minimum Gasteiger partial charge on any atom is -0.458 e. The van der Waals surface area contributed by atoms with Crippen molar-refractivity contribution in [2.75, 3.05) is 0 Å². The zero-order valence-corrected chi connectivity index (χ0v) is 21.9. The first-order chi connectivity index (χ1) is 16.1. The van der Waals surface area contributed by atoms with Crippen molar-refractivity contribution >= 4 is 24.1 Å². The van der Waals surface area contributed by atoms with E-state index in [0.717, 1.165) is 10.5 Å². The van der Waals surface area contributed by atoms with Crippen molar-refractivity contribution in [1.82, 2.24) is 10.2 Å². The Balaban J connectivity index is 2.32. The van der Waals surface area contributed by atoms with Gasteiger partial charge in [-0.25, -0.2) is 19.3 Å². The Labute approximate surface area is 207 Å². The average Bonchev–Trinajstić information content (AvgIpc) is 3.01. The summed E-state index contributed by atoms with van der Waals surface area (Å²) in [5.74, 6) is -1.17. The number of hydrogen-bond donors (Lipinski definition) is 1. The fraction of sp³-hybridized carbons (Fsp3) is 0.615.